The molecule has 0 aliphatic carbocycles. The zero-order valence-corrected chi connectivity index (χ0v) is 8.14. The highest BCUT2D eigenvalue weighted by molar-refractivity contribution is 7.71. The van der Waals surface area contributed by atoms with Crippen LogP contribution in [0.3, 0.4) is 0 Å². The molecule has 5 nitrogen and oxygen atoms in total. The van der Waals surface area contributed by atoms with Crippen molar-refractivity contribution in [2.24, 2.45) is 7.05 Å². The number of H-pyrrole nitrogens is 2. The summed E-state index contributed by atoms with van der Waals surface area (Å²) in [5.41, 5.74) is 1.80. The molecule has 0 atom stereocenters. The van der Waals surface area contributed by atoms with Gasteiger partial charge in [0.05, 0.1) is 0 Å². The summed E-state index contributed by atoms with van der Waals surface area (Å²) in [5.74, 6) is 0.745. The zero-order chi connectivity index (χ0) is 9.42. The summed E-state index contributed by atoms with van der Waals surface area (Å²) in [5, 5.41) is 13.7. The molecule has 2 N–H and O–H groups in total. The lowest BCUT2D eigenvalue weighted by Gasteiger charge is -1.92. The fourth-order valence-electron chi connectivity index (χ4n) is 1.11. The van der Waals surface area contributed by atoms with Gasteiger partial charge in [-0.1, -0.05) is 0 Å². The molecule has 0 radical (unpaired) electrons. The minimum atomic E-state index is 0.593. The minimum Gasteiger partial charge on any atom is -0.302 e. The maximum absolute atomic E-state index is 4.99. The SMILES string of the molecule is Cc1cc(-c2n[nH]c(=S)n2C)n[nH]1. The Bertz CT molecular complexity index is 477. The third kappa shape index (κ3) is 1.29. The van der Waals surface area contributed by atoms with Gasteiger partial charge in [-0.05, 0) is 25.2 Å². The quantitative estimate of drug-likeness (QED) is 0.671. The van der Waals surface area contributed by atoms with Crippen LogP contribution in [-0.4, -0.2) is 25.0 Å². The van der Waals surface area contributed by atoms with Crippen molar-refractivity contribution >= 4 is 12.2 Å². The second-order valence-corrected chi connectivity index (χ2v) is 3.23. The van der Waals surface area contributed by atoms with Crippen molar-refractivity contribution in [2.45, 2.75) is 6.92 Å². The Kier molecular flexibility index (Phi) is 1.77. The molecule has 68 valence electrons. The molecule has 0 saturated carbocycles. The van der Waals surface area contributed by atoms with Crippen LogP contribution < -0.4 is 0 Å². The number of aromatic nitrogens is 5. The standard InChI is InChI=1S/C7H9N5S/c1-4-3-5(9-8-4)6-10-11-7(13)12(6)2/h3H,1-2H3,(H,8,9)(H,11,13). The van der Waals surface area contributed by atoms with Crippen molar-refractivity contribution in [2.75, 3.05) is 0 Å². The minimum absolute atomic E-state index is 0.593. The molecule has 2 rings (SSSR count). The Morgan fingerprint density at radius 1 is 1.38 bits per heavy atom. The highest BCUT2D eigenvalue weighted by Crippen LogP contribution is 2.13. The van der Waals surface area contributed by atoms with Gasteiger partial charge in [0.2, 0.25) is 0 Å². The third-order valence-electron chi connectivity index (χ3n) is 1.81. The first-order chi connectivity index (χ1) is 6.18. The van der Waals surface area contributed by atoms with E-state index >= 15 is 0 Å². The molecule has 0 aromatic carbocycles. The molecule has 0 saturated heterocycles. The van der Waals surface area contributed by atoms with E-state index in [0.29, 0.717) is 4.77 Å². The van der Waals surface area contributed by atoms with Crippen LogP contribution in [0.5, 0.6) is 0 Å². The van der Waals surface area contributed by atoms with E-state index in [2.05, 4.69) is 20.4 Å². The molecule has 2 aromatic rings. The van der Waals surface area contributed by atoms with E-state index in [9.17, 15) is 0 Å². The highest BCUT2D eigenvalue weighted by atomic mass is 32.1. The third-order valence-corrected chi connectivity index (χ3v) is 2.18. The Hall–Kier alpha value is -1.43. The van der Waals surface area contributed by atoms with Crippen molar-refractivity contribution in [3.05, 3.63) is 16.5 Å². The van der Waals surface area contributed by atoms with Gasteiger partial charge in [-0.3, -0.25) is 10.2 Å². The Balaban J connectivity index is 2.58. The number of hydrogen-bond donors (Lipinski definition) is 2. The number of nitrogens with zero attached hydrogens (tertiary/aromatic N) is 3. The molecule has 13 heavy (non-hydrogen) atoms. The number of aromatic amines is 2. The van der Waals surface area contributed by atoms with Crippen LogP contribution >= 0.6 is 12.2 Å². The number of aryl methyl sites for hydroxylation is 1. The maximum atomic E-state index is 4.99. The van der Waals surface area contributed by atoms with Crippen LogP contribution in [0, 0.1) is 11.7 Å². The molecule has 2 aromatic heterocycles. The van der Waals surface area contributed by atoms with Gasteiger partial charge in [0, 0.05) is 12.7 Å². The fourth-order valence-corrected chi connectivity index (χ4v) is 1.24. The van der Waals surface area contributed by atoms with E-state index in [1.807, 2.05) is 20.0 Å². The summed E-state index contributed by atoms with van der Waals surface area (Å²) >= 11 is 4.99. The predicted octanol–water partition coefficient (Wildman–Crippen LogP) is 1.18. The van der Waals surface area contributed by atoms with Crippen LogP contribution in [0.1, 0.15) is 5.69 Å². The van der Waals surface area contributed by atoms with Crippen LogP contribution in [-0.2, 0) is 7.05 Å². The van der Waals surface area contributed by atoms with Crippen LogP contribution in [0.25, 0.3) is 11.5 Å². The van der Waals surface area contributed by atoms with E-state index in [1.54, 1.807) is 4.57 Å². The van der Waals surface area contributed by atoms with Gasteiger partial charge >= 0.3 is 0 Å². The van der Waals surface area contributed by atoms with E-state index in [0.717, 1.165) is 17.2 Å². The summed E-state index contributed by atoms with van der Waals surface area (Å²) in [6, 6.07) is 1.92. The van der Waals surface area contributed by atoms with Gasteiger partial charge in [-0.15, -0.1) is 0 Å². The Labute approximate surface area is 79.8 Å². The van der Waals surface area contributed by atoms with E-state index < -0.39 is 0 Å². The molecular weight excluding hydrogens is 186 g/mol. The van der Waals surface area contributed by atoms with Gasteiger partial charge in [0.15, 0.2) is 10.6 Å². The van der Waals surface area contributed by atoms with E-state index in [4.69, 9.17) is 12.2 Å². The molecule has 6 heteroatoms. The second-order valence-electron chi connectivity index (χ2n) is 2.85. The molecular formula is C7H9N5S. The van der Waals surface area contributed by atoms with Gasteiger partial charge in [0.1, 0.15) is 5.69 Å². The summed E-state index contributed by atoms with van der Waals surface area (Å²) < 4.78 is 2.38. The van der Waals surface area contributed by atoms with Crippen LogP contribution in [0.15, 0.2) is 6.07 Å². The second kappa shape index (κ2) is 2.81. The van der Waals surface area contributed by atoms with Crippen molar-refractivity contribution < 1.29 is 0 Å². The van der Waals surface area contributed by atoms with Crippen molar-refractivity contribution in [1.82, 2.24) is 25.0 Å². The first-order valence-corrected chi connectivity index (χ1v) is 4.23. The number of hydrogen-bond acceptors (Lipinski definition) is 3. The molecule has 0 fully saturated rings. The summed E-state index contributed by atoms with van der Waals surface area (Å²) in [6.45, 7) is 1.94. The summed E-state index contributed by atoms with van der Waals surface area (Å²) in [4.78, 5) is 0. The first-order valence-electron chi connectivity index (χ1n) is 3.82. The van der Waals surface area contributed by atoms with Crippen LogP contribution in [0.2, 0.25) is 0 Å². The Morgan fingerprint density at radius 3 is 2.62 bits per heavy atom. The topological polar surface area (TPSA) is 62.3 Å². The zero-order valence-electron chi connectivity index (χ0n) is 7.33. The molecule has 2 heterocycles. The lowest BCUT2D eigenvalue weighted by atomic mass is 10.3. The van der Waals surface area contributed by atoms with Gasteiger partial charge in [0.25, 0.3) is 0 Å². The van der Waals surface area contributed by atoms with Crippen molar-refractivity contribution in [3.8, 4) is 11.5 Å². The first kappa shape index (κ1) is 8.18. The average molecular weight is 195 g/mol. The van der Waals surface area contributed by atoms with E-state index in [-0.39, 0.29) is 0 Å². The fraction of sp³-hybridized carbons (Fsp3) is 0.286. The molecule has 0 unspecified atom stereocenters. The largest absolute Gasteiger partial charge is 0.302 e. The highest BCUT2D eigenvalue weighted by Gasteiger charge is 2.07. The Morgan fingerprint density at radius 2 is 2.15 bits per heavy atom. The molecule has 0 spiro atoms. The van der Waals surface area contributed by atoms with Crippen LogP contribution in [0.4, 0.5) is 0 Å². The molecule has 0 amide bonds. The monoisotopic (exact) mass is 195 g/mol. The number of nitrogens with one attached hydrogen (secondary N) is 2. The average Bonchev–Trinajstić information content (AvgIpc) is 2.62. The van der Waals surface area contributed by atoms with Crippen molar-refractivity contribution in [3.63, 3.8) is 0 Å². The van der Waals surface area contributed by atoms with Crippen molar-refractivity contribution in [1.29, 1.82) is 0 Å². The number of rotatable bonds is 1. The normalized spacial score (nSPS) is 10.6. The smallest absolute Gasteiger partial charge is 0.195 e. The van der Waals surface area contributed by atoms with E-state index in [1.165, 1.54) is 0 Å². The molecule has 0 bridgehead atoms. The predicted molar refractivity (Wildman–Crippen MR) is 50.7 cm³/mol. The summed E-state index contributed by atoms with van der Waals surface area (Å²) in [7, 11) is 1.85. The van der Waals surface area contributed by atoms with Gasteiger partial charge in [-0.2, -0.15) is 10.2 Å². The molecule has 0 aliphatic heterocycles. The summed E-state index contributed by atoms with van der Waals surface area (Å²) in [6.07, 6.45) is 0. The molecule has 0 aliphatic rings. The maximum Gasteiger partial charge on any atom is 0.195 e. The lowest BCUT2D eigenvalue weighted by Crippen LogP contribution is -1.92. The van der Waals surface area contributed by atoms with Gasteiger partial charge < -0.3 is 4.57 Å². The lowest BCUT2D eigenvalue weighted by molar-refractivity contribution is 0.894. The van der Waals surface area contributed by atoms with Gasteiger partial charge in [-0.25, -0.2) is 0 Å².